The molecule has 0 aromatic rings. The van der Waals surface area contributed by atoms with Crippen molar-refractivity contribution >= 4 is 23.5 Å². The summed E-state index contributed by atoms with van der Waals surface area (Å²) in [7, 11) is 0. The summed E-state index contributed by atoms with van der Waals surface area (Å²) in [5.41, 5.74) is 0. The molecule has 0 aromatic heterocycles. The smallest absolute Gasteiger partial charge is 0.0709 e. The van der Waals surface area contributed by atoms with E-state index < -0.39 is 0 Å². The lowest BCUT2D eigenvalue weighted by atomic mass is 10.1. The molecular weight excluding hydrogens is 364 g/mol. The summed E-state index contributed by atoms with van der Waals surface area (Å²) in [6.45, 7) is 8.94. The van der Waals surface area contributed by atoms with Crippen molar-refractivity contribution in [1.29, 1.82) is 0 Å². The van der Waals surface area contributed by atoms with Gasteiger partial charge >= 0.3 is 0 Å². The quantitative estimate of drug-likeness (QED) is 0.332. The summed E-state index contributed by atoms with van der Waals surface area (Å²) in [5, 5.41) is 0. The van der Waals surface area contributed by atoms with Crippen molar-refractivity contribution in [1.82, 2.24) is 0 Å². The third-order valence-electron chi connectivity index (χ3n) is 4.29. The van der Waals surface area contributed by atoms with Gasteiger partial charge in [0.05, 0.1) is 21.3 Å². The van der Waals surface area contributed by atoms with Crippen LogP contribution >= 0.6 is 23.5 Å². The Morgan fingerprint density at radius 1 is 0.630 bits per heavy atom. The Balaban J connectivity index is 1.56. The zero-order valence-corrected chi connectivity index (χ0v) is 18.8. The Morgan fingerprint density at radius 2 is 1.00 bits per heavy atom. The number of allylic oxidation sites excluding steroid dienone is 8. The first-order chi connectivity index (χ1) is 12.9. The van der Waals surface area contributed by atoms with E-state index in [2.05, 4.69) is 100.0 Å². The molecule has 0 nitrogen and oxygen atoms in total. The molecule has 144 valence electrons. The minimum absolute atomic E-state index is 0.0414. The van der Waals surface area contributed by atoms with E-state index in [9.17, 15) is 0 Å². The van der Waals surface area contributed by atoms with Crippen LogP contribution in [0.2, 0.25) is 0 Å². The van der Waals surface area contributed by atoms with Crippen LogP contribution in [0.25, 0.3) is 0 Å². The fraction of sp³-hybridized carbons (Fsp3) is 0.520. The molecular formula is C25H32S2. The maximum atomic E-state index is 3.44. The Morgan fingerprint density at radius 3 is 1.37 bits per heavy atom. The van der Waals surface area contributed by atoms with Crippen molar-refractivity contribution in [3.63, 3.8) is 0 Å². The van der Waals surface area contributed by atoms with Crippen molar-refractivity contribution < 1.29 is 0 Å². The molecule has 2 rings (SSSR count). The predicted octanol–water partition coefficient (Wildman–Crippen LogP) is 6.67. The van der Waals surface area contributed by atoms with Crippen LogP contribution in [0.1, 0.15) is 47.0 Å². The molecule has 0 spiro atoms. The van der Waals surface area contributed by atoms with Gasteiger partial charge in [-0.1, -0.05) is 78.7 Å². The third-order valence-corrected chi connectivity index (χ3v) is 6.92. The lowest BCUT2D eigenvalue weighted by Gasteiger charge is -2.18. The maximum Gasteiger partial charge on any atom is 0.0709 e. The molecule has 2 heteroatoms. The molecule has 0 unspecified atom stereocenters. The molecule has 0 atom stereocenters. The monoisotopic (exact) mass is 396 g/mol. The highest BCUT2D eigenvalue weighted by atomic mass is 32.2. The minimum atomic E-state index is 0.0414. The topological polar surface area (TPSA) is 0 Å². The van der Waals surface area contributed by atoms with E-state index >= 15 is 0 Å². The Labute approximate surface area is 175 Å². The van der Waals surface area contributed by atoms with Gasteiger partial charge in [-0.2, -0.15) is 0 Å². The Kier molecular flexibility index (Phi) is 8.95. The van der Waals surface area contributed by atoms with Gasteiger partial charge in [-0.25, -0.2) is 0 Å². The van der Waals surface area contributed by atoms with Crippen molar-refractivity contribution in [3.05, 3.63) is 48.6 Å². The summed E-state index contributed by atoms with van der Waals surface area (Å²) in [6, 6.07) is 0. The molecule has 0 bridgehead atoms. The lowest BCUT2D eigenvalue weighted by Crippen LogP contribution is -2.13. The van der Waals surface area contributed by atoms with Crippen LogP contribution in [0, 0.1) is 35.5 Å². The second-order valence-corrected chi connectivity index (χ2v) is 11.3. The van der Waals surface area contributed by atoms with Gasteiger partial charge < -0.3 is 0 Å². The van der Waals surface area contributed by atoms with Gasteiger partial charge in [0, 0.05) is 0 Å². The van der Waals surface area contributed by atoms with Gasteiger partial charge in [-0.05, 0) is 52.0 Å². The number of hydrogen-bond acceptors (Lipinski definition) is 2. The summed E-state index contributed by atoms with van der Waals surface area (Å²) >= 11 is 3.97. The second-order valence-electron chi connectivity index (χ2n) is 7.91. The first kappa shape index (κ1) is 22.1. The van der Waals surface area contributed by atoms with Crippen LogP contribution < -0.4 is 0 Å². The first-order valence-electron chi connectivity index (χ1n) is 9.90. The van der Waals surface area contributed by atoms with E-state index in [0.29, 0.717) is 11.8 Å². The molecule has 2 aliphatic rings. The second kappa shape index (κ2) is 10.9. The fourth-order valence-corrected chi connectivity index (χ4v) is 4.66. The zero-order chi connectivity index (χ0) is 19.6. The number of rotatable bonds is 8. The molecule has 2 aliphatic carbocycles. The Bertz CT molecular complexity index is 625. The maximum absolute atomic E-state index is 3.44. The van der Waals surface area contributed by atoms with Crippen molar-refractivity contribution in [2.45, 2.75) is 56.5 Å². The standard InChI is InChI=1S/C25H32S2/c1-24(2,18-16-22-12-6-7-13-22)26-20-10-5-11-21-27-25(3,4)19-17-23-14-8-9-15-23/h6-9,12-15,22-23H,5,10-11,20-21H2,1-4H3. The molecule has 27 heavy (non-hydrogen) atoms. The van der Waals surface area contributed by atoms with Gasteiger partial charge in [-0.15, -0.1) is 23.5 Å². The predicted molar refractivity (Wildman–Crippen MR) is 126 cm³/mol. The SMILES string of the molecule is CC(C)(C#CC1C=CC=C1)SCCCCCSC(C)(C)C#CC1C=CC=C1. The van der Waals surface area contributed by atoms with Crippen LogP contribution in [0.3, 0.4) is 0 Å². The molecule has 0 saturated heterocycles. The van der Waals surface area contributed by atoms with Crippen LogP contribution in [-0.2, 0) is 0 Å². The molecule has 0 fully saturated rings. The van der Waals surface area contributed by atoms with Crippen LogP contribution in [0.5, 0.6) is 0 Å². The van der Waals surface area contributed by atoms with Crippen molar-refractivity contribution in [2.24, 2.45) is 11.8 Å². The van der Waals surface area contributed by atoms with Crippen LogP contribution in [0.15, 0.2) is 48.6 Å². The van der Waals surface area contributed by atoms with Crippen LogP contribution in [-0.4, -0.2) is 21.0 Å². The van der Waals surface area contributed by atoms with Gasteiger partial charge in [0.15, 0.2) is 0 Å². The molecule has 0 aliphatic heterocycles. The van der Waals surface area contributed by atoms with Gasteiger partial charge in [0.25, 0.3) is 0 Å². The molecule has 0 saturated carbocycles. The highest BCUT2D eigenvalue weighted by Crippen LogP contribution is 2.27. The van der Waals surface area contributed by atoms with Gasteiger partial charge in [-0.3, -0.25) is 0 Å². The highest BCUT2D eigenvalue weighted by Gasteiger charge is 2.16. The summed E-state index contributed by atoms with van der Waals surface area (Å²) in [4.78, 5) is 0. The average molecular weight is 397 g/mol. The molecule has 0 aromatic carbocycles. The highest BCUT2D eigenvalue weighted by molar-refractivity contribution is 8.01. The average Bonchev–Trinajstić information content (AvgIpc) is 3.31. The number of hydrogen-bond donors (Lipinski definition) is 0. The van der Waals surface area contributed by atoms with Crippen molar-refractivity contribution in [3.8, 4) is 23.7 Å². The van der Waals surface area contributed by atoms with Crippen molar-refractivity contribution in [2.75, 3.05) is 11.5 Å². The van der Waals surface area contributed by atoms with E-state index in [1.165, 1.54) is 30.8 Å². The molecule has 0 radical (unpaired) electrons. The zero-order valence-electron chi connectivity index (χ0n) is 17.1. The fourth-order valence-electron chi connectivity index (χ4n) is 2.68. The lowest BCUT2D eigenvalue weighted by molar-refractivity contribution is 0.777. The van der Waals surface area contributed by atoms with E-state index in [1.807, 2.05) is 23.5 Å². The summed E-state index contributed by atoms with van der Waals surface area (Å²) < 4.78 is 0.0828. The minimum Gasteiger partial charge on any atom is -0.143 e. The van der Waals surface area contributed by atoms with Gasteiger partial charge in [0.1, 0.15) is 0 Å². The van der Waals surface area contributed by atoms with Gasteiger partial charge in [0.2, 0.25) is 0 Å². The Hall–Kier alpha value is -1.22. The van der Waals surface area contributed by atoms with E-state index in [4.69, 9.17) is 0 Å². The summed E-state index contributed by atoms with van der Waals surface area (Å²) in [6.07, 6.45) is 20.7. The normalized spacial score (nSPS) is 16.4. The van der Waals surface area contributed by atoms with E-state index in [-0.39, 0.29) is 9.49 Å². The van der Waals surface area contributed by atoms with E-state index in [1.54, 1.807) is 0 Å². The first-order valence-corrected chi connectivity index (χ1v) is 11.9. The van der Waals surface area contributed by atoms with Crippen LogP contribution in [0.4, 0.5) is 0 Å². The largest absolute Gasteiger partial charge is 0.143 e. The molecule has 0 amide bonds. The third kappa shape index (κ3) is 9.51. The molecule has 0 N–H and O–H groups in total. The number of unbranched alkanes of at least 4 members (excludes halogenated alkanes) is 2. The number of thioether (sulfide) groups is 2. The molecule has 0 heterocycles. The van der Waals surface area contributed by atoms with E-state index in [0.717, 1.165) is 0 Å². The summed E-state index contributed by atoms with van der Waals surface area (Å²) in [5.74, 6) is 16.6.